The number of rotatable bonds is 8. The van der Waals surface area contributed by atoms with E-state index in [1.165, 1.54) is 12.8 Å². The summed E-state index contributed by atoms with van der Waals surface area (Å²) in [5.74, 6) is 1.22. The van der Waals surface area contributed by atoms with E-state index in [-0.39, 0.29) is 30.9 Å². The molecule has 2 rings (SSSR count). The van der Waals surface area contributed by atoms with Crippen molar-refractivity contribution in [3.8, 4) is 5.75 Å². The molecule has 0 aliphatic heterocycles. The number of anilines is 1. The first-order valence-electron chi connectivity index (χ1n) is 9.46. The minimum atomic E-state index is -0.157. The molecular formula is C20H31N3O3. The van der Waals surface area contributed by atoms with Gasteiger partial charge in [-0.05, 0) is 50.3 Å². The van der Waals surface area contributed by atoms with Gasteiger partial charge in [0.25, 0.3) is 0 Å². The van der Waals surface area contributed by atoms with E-state index in [0.717, 1.165) is 18.8 Å². The number of carbonyl (C=O) groups is 2. The second-order valence-electron chi connectivity index (χ2n) is 7.08. The number of hydrogen-bond donors (Lipinski definition) is 2. The van der Waals surface area contributed by atoms with Crippen molar-refractivity contribution in [3.63, 3.8) is 0 Å². The topological polar surface area (TPSA) is 70.7 Å². The van der Waals surface area contributed by atoms with Gasteiger partial charge in [-0.25, -0.2) is 0 Å². The number of hydrogen-bond acceptors (Lipinski definition) is 4. The average Bonchev–Trinajstić information content (AvgIpc) is 2.63. The second-order valence-corrected chi connectivity index (χ2v) is 7.08. The van der Waals surface area contributed by atoms with Gasteiger partial charge in [-0.3, -0.25) is 14.5 Å². The molecule has 1 fully saturated rings. The van der Waals surface area contributed by atoms with Crippen molar-refractivity contribution in [1.29, 1.82) is 0 Å². The number of para-hydroxylation sites is 2. The Bertz CT molecular complexity index is 598. The fourth-order valence-corrected chi connectivity index (χ4v) is 3.30. The van der Waals surface area contributed by atoms with Crippen molar-refractivity contribution < 1.29 is 14.3 Å². The summed E-state index contributed by atoms with van der Waals surface area (Å²) in [5.41, 5.74) is 0.636. The predicted octanol–water partition coefficient (Wildman–Crippen LogP) is 2.65. The van der Waals surface area contributed by atoms with Gasteiger partial charge in [0, 0.05) is 6.04 Å². The van der Waals surface area contributed by atoms with Crippen LogP contribution >= 0.6 is 0 Å². The zero-order valence-electron chi connectivity index (χ0n) is 16.1. The van der Waals surface area contributed by atoms with Gasteiger partial charge in [0.05, 0.1) is 25.9 Å². The summed E-state index contributed by atoms with van der Waals surface area (Å²) in [7, 11) is 1.57. The minimum absolute atomic E-state index is 0.00325. The van der Waals surface area contributed by atoms with E-state index in [0.29, 0.717) is 18.0 Å². The van der Waals surface area contributed by atoms with Crippen LogP contribution in [0.25, 0.3) is 0 Å². The molecule has 1 saturated carbocycles. The van der Waals surface area contributed by atoms with Gasteiger partial charge in [-0.1, -0.05) is 26.0 Å². The highest BCUT2D eigenvalue weighted by Gasteiger charge is 2.21. The average molecular weight is 361 g/mol. The first-order chi connectivity index (χ1) is 12.5. The van der Waals surface area contributed by atoms with Gasteiger partial charge < -0.3 is 15.4 Å². The molecule has 1 aromatic rings. The monoisotopic (exact) mass is 361 g/mol. The van der Waals surface area contributed by atoms with E-state index in [9.17, 15) is 9.59 Å². The third-order valence-electron chi connectivity index (χ3n) is 4.94. The van der Waals surface area contributed by atoms with Crippen molar-refractivity contribution in [2.45, 2.75) is 45.6 Å². The van der Waals surface area contributed by atoms with Crippen LogP contribution < -0.4 is 15.4 Å². The highest BCUT2D eigenvalue weighted by atomic mass is 16.5. The first kappa shape index (κ1) is 20.2. The van der Waals surface area contributed by atoms with Gasteiger partial charge in [0.1, 0.15) is 5.75 Å². The zero-order valence-corrected chi connectivity index (χ0v) is 16.1. The Morgan fingerprint density at radius 2 is 1.77 bits per heavy atom. The van der Waals surface area contributed by atoms with E-state index in [2.05, 4.69) is 17.6 Å². The predicted molar refractivity (Wildman–Crippen MR) is 103 cm³/mol. The lowest BCUT2D eigenvalue weighted by molar-refractivity contribution is -0.124. The van der Waals surface area contributed by atoms with Crippen LogP contribution in [0.4, 0.5) is 5.69 Å². The Kier molecular flexibility index (Phi) is 7.91. The van der Waals surface area contributed by atoms with Crippen molar-refractivity contribution in [1.82, 2.24) is 10.2 Å². The molecule has 0 heterocycles. The van der Waals surface area contributed by atoms with Crippen LogP contribution in [-0.4, -0.2) is 49.5 Å². The number of amides is 2. The molecule has 26 heavy (non-hydrogen) atoms. The van der Waals surface area contributed by atoms with Crippen molar-refractivity contribution in [2.24, 2.45) is 5.92 Å². The number of likely N-dealkylation sites (N-methyl/N-ethyl adjacent to an activating group) is 1. The Morgan fingerprint density at radius 1 is 1.12 bits per heavy atom. The summed E-state index contributed by atoms with van der Waals surface area (Å²) in [6.07, 6.45) is 4.44. The maximum Gasteiger partial charge on any atom is 0.238 e. The number of nitrogens with zero attached hydrogens (tertiary/aromatic N) is 1. The Hall–Kier alpha value is -2.08. The molecule has 0 spiro atoms. The molecule has 0 atom stereocenters. The van der Waals surface area contributed by atoms with E-state index in [1.54, 1.807) is 19.2 Å². The van der Waals surface area contributed by atoms with Gasteiger partial charge in [-0.2, -0.15) is 0 Å². The maximum atomic E-state index is 12.3. The summed E-state index contributed by atoms with van der Waals surface area (Å²) in [6, 6.07) is 7.56. The molecule has 6 nitrogen and oxygen atoms in total. The molecule has 1 aromatic carbocycles. The molecule has 2 amide bonds. The first-order valence-corrected chi connectivity index (χ1v) is 9.46. The largest absolute Gasteiger partial charge is 0.495 e. The lowest BCUT2D eigenvalue weighted by atomic mass is 9.87. The molecular weight excluding hydrogens is 330 g/mol. The second kappa shape index (κ2) is 10.2. The number of methoxy groups -OCH3 is 1. The normalized spacial score (nSPS) is 19.8. The van der Waals surface area contributed by atoms with Crippen LogP contribution in [0.5, 0.6) is 5.75 Å². The molecule has 6 heteroatoms. The smallest absolute Gasteiger partial charge is 0.238 e. The lowest BCUT2D eigenvalue weighted by Crippen LogP contribution is -2.45. The highest BCUT2D eigenvalue weighted by molar-refractivity contribution is 5.94. The number of carbonyl (C=O) groups excluding carboxylic acids is 2. The van der Waals surface area contributed by atoms with Gasteiger partial charge in [-0.15, -0.1) is 0 Å². The summed E-state index contributed by atoms with van der Waals surface area (Å²) < 4.78 is 5.24. The van der Waals surface area contributed by atoms with Crippen LogP contribution in [0.1, 0.15) is 39.5 Å². The molecule has 0 radical (unpaired) electrons. The molecule has 0 unspecified atom stereocenters. The van der Waals surface area contributed by atoms with Crippen molar-refractivity contribution in [2.75, 3.05) is 32.1 Å². The van der Waals surface area contributed by atoms with E-state index in [4.69, 9.17) is 4.74 Å². The number of nitrogens with one attached hydrogen (secondary N) is 2. The minimum Gasteiger partial charge on any atom is -0.495 e. The van der Waals surface area contributed by atoms with Crippen LogP contribution in [-0.2, 0) is 9.59 Å². The highest BCUT2D eigenvalue weighted by Crippen LogP contribution is 2.24. The van der Waals surface area contributed by atoms with Crippen LogP contribution in [0.15, 0.2) is 24.3 Å². The molecule has 2 N–H and O–H groups in total. The van der Waals surface area contributed by atoms with Crippen LogP contribution in [0, 0.1) is 5.92 Å². The van der Waals surface area contributed by atoms with Gasteiger partial charge in [0.2, 0.25) is 11.8 Å². The fourth-order valence-electron chi connectivity index (χ4n) is 3.30. The standard InChI is InChI=1S/C20H31N3O3/c1-4-23(13-19(24)21-16-11-9-15(2)10-12-16)14-20(25)22-17-7-5-6-8-18(17)26-3/h5-8,15-16H,4,9-14H2,1-3H3,(H,21,24)(H,22,25). The van der Waals surface area contributed by atoms with Crippen molar-refractivity contribution in [3.05, 3.63) is 24.3 Å². The van der Waals surface area contributed by atoms with Crippen LogP contribution in [0.2, 0.25) is 0 Å². The maximum absolute atomic E-state index is 12.3. The summed E-state index contributed by atoms with van der Waals surface area (Å²) >= 11 is 0. The Morgan fingerprint density at radius 3 is 2.42 bits per heavy atom. The van der Waals surface area contributed by atoms with E-state index < -0.39 is 0 Å². The fraction of sp³-hybridized carbons (Fsp3) is 0.600. The molecule has 0 saturated heterocycles. The quantitative estimate of drug-likeness (QED) is 0.747. The molecule has 144 valence electrons. The van der Waals surface area contributed by atoms with Crippen LogP contribution in [0.3, 0.4) is 0 Å². The zero-order chi connectivity index (χ0) is 18.9. The molecule has 0 bridgehead atoms. The van der Waals surface area contributed by atoms with Crippen molar-refractivity contribution >= 4 is 17.5 Å². The summed E-state index contributed by atoms with van der Waals surface area (Å²) in [6.45, 7) is 5.25. The molecule has 1 aliphatic rings. The third kappa shape index (κ3) is 6.33. The number of benzene rings is 1. The Balaban J connectivity index is 1.80. The lowest BCUT2D eigenvalue weighted by Gasteiger charge is -2.28. The summed E-state index contributed by atoms with van der Waals surface area (Å²) in [5, 5.41) is 5.96. The molecule has 1 aliphatic carbocycles. The summed E-state index contributed by atoms with van der Waals surface area (Å²) in [4.78, 5) is 26.5. The number of ether oxygens (including phenoxy) is 1. The van der Waals surface area contributed by atoms with Gasteiger partial charge >= 0.3 is 0 Å². The third-order valence-corrected chi connectivity index (χ3v) is 4.94. The van der Waals surface area contributed by atoms with E-state index >= 15 is 0 Å². The van der Waals surface area contributed by atoms with E-state index in [1.807, 2.05) is 24.0 Å². The SMILES string of the molecule is CCN(CC(=O)Nc1ccccc1OC)CC(=O)NC1CCC(C)CC1. The Labute approximate surface area is 156 Å². The molecule has 0 aromatic heterocycles. The van der Waals surface area contributed by atoms with Gasteiger partial charge in [0.15, 0.2) is 0 Å².